The largest absolute Gasteiger partial charge is 0.353 e. The Morgan fingerprint density at radius 3 is 2.85 bits per heavy atom. The fourth-order valence-electron chi connectivity index (χ4n) is 3.04. The van der Waals surface area contributed by atoms with Gasteiger partial charge in [-0.3, -0.25) is 9.59 Å². The van der Waals surface area contributed by atoms with Gasteiger partial charge in [0.15, 0.2) is 0 Å². The van der Waals surface area contributed by atoms with E-state index in [1.165, 1.54) is 0 Å². The van der Waals surface area contributed by atoms with Gasteiger partial charge in [0.05, 0.1) is 0 Å². The molecule has 5 nitrogen and oxygen atoms in total. The molecule has 2 rings (SSSR count). The van der Waals surface area contributed by atoms with Crippen molar-refractivity contribution in [2.75, 3.05) is 19.6 Å². The van der Waals surface area contributed by atoms with Crippen LogP contribution in [-0.2, 0) is 9.59 Å². The van der Waals surface area contributed by atoms with Crippen molar-refractivity contribution < 1.29 is 9.59 Å². The van der Waals surface area contributed by atoms with Gasteiger partial charge in [-0.15, -0.1) is 0 Å². The molecule has 0 bridgehead atoms. The lowest BCUT2D eigenvalue weighted by Crippen LogP contribution is -2.55. The van der Waals surface area contributed by atoms with Gasteiger partial charge in [-0.2, -0.15) is 0 Å². The summed E-state index contributed by atoms with van der Waals surface area (Å²) in [5, 5.41) is 6.40. The van der Waals surface area contributed by atoms with E-state index in [4.69, 9.17) is 0 Å². The summed E-state index contributed by atoms with van der Waals surface area (Å²) >= 11 is 0. The summed E-state index contributed by atoms with van der Waals surface area (Å²) in [4.78, 5) is 25.6. The third kappa shape index (κ3) is 4.20. The molecule has 2 atom stereocenters. The molecule has 0 aromatic carbocycles. The van der Waals surface area contributed by atoms with E-state index in [-0.39, 0.29) is 23.4 Å². The third-order valence-electron chi connectivity index (χ3n) is 4.17. The van der Waals surface area contributed by atoms with Crippen LogP contribution >= 0.6 is 0 Å². The third-order valence-corrected chi connectivity index (χ3v) is 4.17. The topological polar surface area (TPSA) is 61.4 Å². The van der Waals surface area contributed by atoms with E-state index >= 15 is 0 Å². The molecule has 20 heavy (non-hydrogen) atoms. The Morgan fingerprint density at radius 1 is 1.40 bits per heavy atom. The summed E-state index contributed by atoms with van der Waals surface area (Å²) in [6.07, 6.45) is 2.98. The standard InChI is InChI=1S/C15H27N3O2/c1-15(2,3)16-8-6-14(20)18-9-7-12-11(10-18)4-5-13(19)17-12/h11-12,16H,4-10H2,1-3H3,(H,17,19). The summed E-state index contributed by atoms with van der Waals surface area (Å²) < 4.78 is 0. The molecule has 0 aromatic heterocycles. The normalized spacial score (nSPS) is 26.9. The quantitative estimate of drug-likeness (QED) is 0.808. The SMILES string of the molecule is CC(C)(C)NCCC(=O)N1CCC2NC(=O)CCC2C1. The van der Waals surface area contributed by atoms with Crippen molar-refractivity contribution in [3.8, 4) is 0 Å². The Morgan fingerprint density at radius 2 is 2.15 bits per heavy atom. The zero-order valence-electron chi connectivity index (χ0n) is 12.9. The van der Waals surface area contributed by atoms with Gasteiger partial charge < -0.3 is 15.5 Å². The molecule has 2 unspecified atom stereocenters. The van der Waals surface area contributed by atoms with Crippen LogP contribution in [0.1, 0.15) is 46.5 Å². The predicted molar refractivity (Wildman–Crippen MR) is 78.2 cm³/mol. The summed E-state index contributed by atoms with van der Waals surface area (Å²) in [5.74, 6) is 0.846. The van der Waals surface area contributed by atoms with Gasteiger partial charge >= 0.3 is 0 Å². The lowest BCUT2D eigenvalue weighted by Gasteiger charge is -2.41. The van der Waals surface area contributed by atoms with Crippen molar-refractivity contribution in [2.45, 2.75) is 58.0 Å². The number of piperidine rings is 2. The van der Waals surface area contributed by atoms with Gasteiger partial charge in [-0.05, 0) is 39.5 Å². The molecule has 2 saturated heterocycles. The molecule has 2 amide bonds. The van der Waals surface area contributed by atoms with E-state index in [2.05, 4.69) is 31.4 Å². The minimum Gasteiger partial charge on any atom is -0.353 e. The zero-order valence-corrected chi connectivity index (χ0v) is 12.9. The van der Waals surface area contributed by atoms with E-state index in [9.17, 15) is 9.59 Å². The van der Waals surface area contributed by atoms with Gasteiger partial charge in [-0.25, -0.2) is 0 Å². The van der Waals surface area contributed by atoms with Crippen LogP contribution < -0.4 is 10.6 Å². The second-order valence-corrected chi connectivity index (χ2v) is 7.03. The van der Waals surface area contributed by atoms with Crippen molar-refractivity contribution in [3.63, 3.8) is 0 Å². The molecule has 0 aromatic rings. The van der Waals surface area contributed by atoms with Gasteiger partial charge in [-0.1, -0.05) is 0 Å². The smallest absolute Gasteiger partial charge is 0.223 e. The first-order valence-electron chi connectivity index (χ1n) is 7.67. The first-order chi connectivity index (χ1) is 9.35. The maximum Gasteiger partial charge on any atom is 0.223 e. The van der Waals surface area contributed by atoms with Gasteiger partial charge in [0, 0.05) is 44.1 Å². The molecule has 2 heterocycles. The predicted octanol–water partition coefficient (Wildman–Crippen LogP) is 0.892. The number of carbonyl (C=O) groups is 2. The van der Waals surface area contributed by atoms with Crippen molar-refractivity contribution >= 4 is 11.8 Å². The maximum absolute atomic E-state index is 12.2. The fraction of sp³-hybridized carbons (Fsp3) is 0.867. The van der Waals surface area contributed by atoms with E-state index in [1.54, 1.807) is 0 Å². The number of nitrogens with one attached hydrogen (secondary N) is 2. The highest BCUT2D eigenvalue weighted by Crippen LogP contribution is 2.25. The van der Waals surface area contributed by atoms with Crippen LogP contribution in [0.3, 0.4) is 0 Å². The van der Waals surface area contributed by atoms with Crippen molar-refractivity contribution in [2.24, 2.45) is 5.92 Å². The molecule has 2 N–H and O–H groups in total. The molecule has 0 spiro atoms. The molecular formula is C15H27N3O2. The molecular weight excluding hydrogens is 254 g/mol. The van der Waals surface area contributed by atoms with E-state index in [0.717, 1.165) is 32.5 Å². The van der Waals surface area contributed by atoms with Gasteiger partial charge in [0.25, 0.3) is 0 Å². The van der Waals surface area contributed by atoms with Crippen LogP contribution in [0.5, 0.6) is 0 Å². The molecule has 0 radical (unpaired) electrons. The van der Waals surface area contributed by atoms with Crippen LogP contribution in [0, 0.1) is 5.92 Å². The van der Waals surface area contributed by atoms with Crippen LogP contribution in [0.2, 0.25) is 0 Å². The number of fused-ring (bicyclic) bond motifs is 1. The second kappa shape index (κ2) is 6.12. The molecule has 0 aliphatic carbocycles. The van der Waals surface area contributed by atoms with Gasteiger partial charge in [0.2, 0.25) is 11.8 Å². The van der Waals surface area contributed by atoms with Crippen LogP contribution in [0.15, 0.2) is 0 Å². The molecule has 2 aliphatic heterocycles. The van der Waals surface area contributed by atoms with E-state index in [1.807, 2.05) is 4.90 Å². The summed E-state index contributed by atoms with van der Waals surface area (Å²) in [5.41, 5.74) is 0.0565. The minimum atomic E-state index is 0.0565. The molecule has 5 heteroatoms. The second-order valence-electron chi connectivity index (χ2n) is 7.03. The van der Waals surface area contributed by atoms with Crippen LogP contribution in [0.4, 0.5) is 0 Å². The summed E-state index contributed by atoms with van der Waals surface area (Å²) in [6, 6.07) is 0.285. The highest BCUT2D eigenvalue weighted by atomic mass is 16.2. The Bertz CT molecular complexity index is 376. The average molecular weight is 281 g/mol. The Labute approximate surface area is 121 Å². The number of nitrogens with zero attached hydrogens (tertiary/aromatic N) is 1. The molecule has 0 saturated carbocycles. The molecule has 2 fully saturated rings. The summed E-state index contributed by atoms with van der Waals surface area (Å²) in [7, 11) is 0. The Balaban J connectivity index is 1.77. The number of likely N-dealkylation sites (tertiary alicyclic amines) is 1. The minimum absolute atomic E-state index is 0.0565. The Kier molecular flexibility index (Phi) is 4.68. The number of rotatable bonds is 3. The number of carbonyl (C=O) groups excluding carboxylic acids is 2. The molecule has 114 valence electrons. The maximum atomic E-state index is 12.2. The zero-order chi connectivity index (χ0) is 14.8. The number of amides is 2. The van der Waals surface area contributed by atoms with E-state index < -0.39 is 0 Å². The first-order valence-corrected chi connectivity index (χ1v) is 7.67. The molecule has 2 aliphatic rings. The Hall–Kier alpha value is -1.10. The first kappa shape index (κ1) is 15.3. The van der Waals surface area contributed by atoms with Crippen molar-refractivity contribution in [3.05, 3.63) is 0 Å². The lowest BCUT2D eigenvalue weighted by molar-refractivity contribution is -0.134. The summed E-state index contributed by atoms with van der Waals surface area (Å²) in [6.45, 7) is 8.62. The number of hydrogen-bond donors (Lipinski definition) is 2. The van der Waals surface area contributed by atoms with Gasteiger partial charge in [0.1, 0.15) is 0 Å². The highest BCUT2D eigenvalue weighted by molar-refractivity contribution is 5.78. The van der Waals surface area contributed by atoms with Crippen molar-refractivity contribution in [1.82, 2.24) is 15.5 Å². The van der Waals surface area contributed by atoms with E-state index in [0.29, 0.717) is 18.8 Å². The van der Waals surface area contributed by atoms with Crippen LogP contribution in [-0.4, -0.2) is 47.9 Å². The highest BCUT2D eigenvalue weighted by Gasteiger charge is 2.35. The fourth-order valence-corrected chi connectivity index (χ4v) is 3.04. The number of hydrogen-bond acceptors (Lipinski definition) is 3. The lowest BCUT2D eigenvalue weighted by atomic mass is 9.85. The van der Waals surface area contributed by atoms with Crippen molar-refractivity contribution in [1.29, 1.82) is 0 Å². The average Bonchev–Trinajstić information content (AvgIpc) is 2.36. The monoisotopic (exact) mass is 281 g/mol. The van der Waals surface area contributed by atoms with Crippen LogP contribution in [0.25, 0.3) is 0 Å².